The van der Waals surface area contributed by atoms with E-state index in [1.54, 1.807) is 6.20 Å². The molecule has 1 atom stereocenters. The topological polar surface area (TPSA) is 51.9 Å². The van der Waals surface area contributed by atoms with Crippen molar-refractivity contribution in [3.05, 3.63) is 41.2 Å². The molecule has 0 aliphatic heterocycles. The monoisotopic (exact) mass is 302 g/mol. The fraction of sp³-hybridized carbons (Fsp3) is 0.529. The normalized spacial score (nSPS) is 12.7. The largest absolute Gasteiger partial charge is 0.349 e. The van der Waals surface area contributed by atoms with Gasteiger partial charge in [-0.05, 0) is 32.8 Å². The zero-order valence-corrected chi connectivity index (χ0v) is 14.3. The highest BCUT2D eigenvalue weighted by atomic mass is 16.1. The van der Waals surface area contributed by atoms with Crippen molar-refractivity contribution in [2.45, 2.75) is 47.2 Å². The first-order valence-corrected chi connectivity index (χ1v) is 7.81. The molecule has 0 aliphatic rings. The van der Waals surface area contributed by atoms with E-state index in [1.165, 1.54) is 0 Å². The molecule has 2 rings (SSSR count). The van der Waals surface area contributed by atoms with Crippen LogP contribution >= 0.6 is 0 Å². The highest BCUT2D eigenvalue weighted by Gasteiger charge is 2.24. The number of nitrogens with zero attached hydrogens (tertiary/aromatic N) is 3. The minimum absolute atomic E-state index is 0.0329. The Labute approximate surface area is 132 Å². The summed E-state index contributed by atoms with van der Waals surface area (Å²) in [6, 6.07) is 1.86. The maximum absolute atomic E-state index is 12.7. The van der Waals surface area contributed by atoms with Crippen molar-refractivity contribution in [3.8, 4) is 0 Å². The van der Waals surface area contributed by atoms with Gasteiger partial charge in [-0.3, -0.25) is 4.79 Å². The third kappa shape index (κ3) is 2.93. The second kappa shape index (κ2) is 6.38. The molecule has 1 N–H and O–H groups in total. The van der Waals surface area contributed by atoms with Gasteiger partial charge in [0, 0.05) is 37.4 Å². The molecule has 1 amide bonds. The highest BCUT2D eigenvalue weighted by Crippen LogP contribution is 2.22. The van der Waals surface area contributed by atoms with Crippen LogP contribution in [0.3, 0.4) is 0 Å². The molecule has 2 aromatic heterocycles. The highest BCUT2D eigenvalue weighted by molar-refractivity contribution is 5.96. The molecule has 2 heterocycles. The van der Waals surface area contributed by atoms with Crippen molar-refractivity contribution in [3.63, 3.8) is 0 Å². The minimum Gasteiger partial charge on any atom is -0.349 e. The standard InChI is InChI=1S/C17H26N4O/c1-7-21-12(4)10-14(13(21)5)17(22)19-15(11(2)3)16-18-8-9-20(16)6/h8-11,15H,7H2,1-6H3,(H,19,22)/t15-/m0/s1. The van der Waals surface area contributed by atoms with Gasteiger partial charge in [-0.25, -0.2) is 4.98 Å². The Balaban J connectivity index is 2.28. The Bertz CT molecular complexity index is 666. The van der Waals surface area contributed by atoms with Crippen LogP contribution in [0, 0.1) is 19.8 Å². The van der Waals surface area contributed by atoms with Crippen molar-refractivity contribution in [2.75, 3.05) is 0 Å². The van der Waals surface area contributed by atoms with Gasteiger partial charge in [0.15, 0.2) is 0 Å². The minimum atomic E-state index is -0.0998. The molecule has 0 radical (unpaired) electrons. The Morgan fingerprint density at radius 2 is 2.05 bits per heavy atom. The molecular weight excluding hydrogens is 276 g/mol. The lowest BCUT2D eigenvalue weighted by Crippen LogP contribution is -2.33. The molecule has 0 fully saturated rings. The van der Waals surface area contributed by atoms with E-state index >= 15 is 0 Å². The molecule has 0 aromatic carbocycles. The maximum Gasteiger partial charge on any atom is 0.253 e. The van der Waals surface area contributed by atoms with Crippen LogP contribution in [0.5, 0.6) is 0 Å². The number of hydrogen-bond donors (Lipinski definition) is 1. The van der Waals surface area contributed by atoms with Crippen molar-refractivity contribution >= 4 is 5.91 Å². The number of amides is 1. The number of nitrogens with one attached hydrogen (secondary N) is 1. The average Bonchev–Trinajstić information content (AvgIpc) is 2.99. The van der Waals surface area contributed by atoms with Gasteiger partial charge in [-0.2, -0.15) is 0 Å². The van der Waals surface area contributed by atoms with Crippen LogP contribution < -0.4 is 5.32 Å². The van der Waals surface area contributed by atoms with E-state index in [0.717, 1.165) is 29.3 Å². The fourth-order valence-corrected chi connectivity index (χ4v) is 2.94. The lowest BCUT2D eigenvalue weighted by Gasteiger charge is -2.22. The van der Waals surface area contributed by atoms with E-state index < -0.39 is 0 Å². The second-order valence-corrected chi connectivity index (χ2v) is 6.12. The third-order valence-corrected chi connectivity index (χ3v) is 4.22. The van der Waals surface area contributed by atoms with Crippen molar-refractivity contribution in [1.82, 2.24) is 19.4 Å². The molecule has 0 unspecified atom stereocenters. The number of imidazole rings is 1. The van der Waals surface area contributed by atoms with Crippen molar-refractivity contribution in [2.24, 2.45) is 13.0 Å². The number of rotatable bonds is 5. The Hall–Kier alpha value is -2.04. The summed E-state index contributed by atoms with van der Waals surface area (Å²) in [4.78, 5) is 17.1. The molecular formula is C17H26N4O. The zero-order valence-electron chi connectivity index (χ0n) is 14.3. The number of carbonyl (C=O) groups is 1. The van der Waals surface area contributed by atoms with E-state index in [4.69, 9.17) is 0 Å². The summed E-state index contributed by atoms with van der Waals surface area (Å²) in [7, 11) is 1.95. The lowest BCUT2D eigenvalue weighted by atomic mass is 10.0. The number of hydrogen-bond acceptors (Lipinski definition) is 2. The Morgan fingerprint density at radius 3 is 2.50 bits per heavy atom. The predicted octanol–water partition coefficient (Wildman–Crippen LogP) is 2.99. The van der Waals surface area contributed by atoms with Crippen LogP contribution in [0.2, 0.25) is 0 Å². The SMILES string of the molecule is CCn1c(C)cc(C(=O)N[C@H](c2nccn2C)C(C)C)c1C. The summed E-state index contributed by atoms with van der Waals surface area (Å²) in [5.41, 5.74) is 2.88. The fourth-order valence-electron chi connectivity index (χ4n) is 2.94. The van der Waals surface area contributed by atoms with Crippen LogP contribution in [0.15, 0.2) is 18.5 Å². The molecule has 0 saturated heterocycles. The summed E-state index contributed by atoms with van der Waals surface area (Å²) >= 11 is 0. The van der Waals surface area contributed by atoms with Gasteiger partial charge >= 0.3 is 0 Å². The lowest BCUT2D eigenvalue weighted by molar-refractivity contribution is 0.0921. The van der Waals surface area contributed by atoms with Crippen molar-refractivity contribution in [1.29, 1.82) is 0 Å². The summed E-state index contributed by atoms with van der Waals surface area (Å²) in [6.07, 6.45) is 3.67. The van der Waals surface area contributed by atoms with E-state index in [-0.39, 0.29) is 17.9 Å². The molecule has 120 valence electrons. The molecule has 0 spiro atoms. The van der Waals surface area contributed by atoms with E-state index in [2.05, 4.69) is 35.6 Å². The van der Waals surface area contributed by atoms with E-state index in [0.29, 0.717) is 0 Å². The van der Waals surface area contributed by atoms with Crippen molar-refractivity contribution < 1.29 is 4.79 Å². The Morgan fingerprint density at radius 1 is 1.36 bits per heavy atom. The molecule has 2 aromatic rings. The van der Waals surface area contributed by atoms with Crippen LogP contribution in [-0.4, -0.2) is 20.0 Å². The van der Waals surface area contributed by atoms with Gasteiger partial charge in [0.05, 0.1) is 11.6 Å². The molecule has 22 heavy (non-hydrogen) atoms. The quantitative estimate of drug-likeness (QED) is 0.923. The molecule has 5 nitrogen and oxygen atoms in total. The van der Waals surface area contributed by atoms with Gasteiger partial charge in [-0.1, -0.05) is 13.8 Å². The zero-order chi connectivity index (χ0) is 16.4. The predicted molar refractivity (Wildman–Crippen MR) is 87.8 cm³/mol. The van der Waals surface area contributed by atoms with Crippen LogP contribution in [0.25, 0.3) is 0 Å². The first kappa shape index (κ1) is 16.3. The summed E-state index contributed by atoms with van der Waals surface area (Å²) in [5, 5.41) is 3.15. The molecule has 5 heteroatoms. The first-order valence-electron chi connectivity index (χ1n) is 7.81. The van der Waals surface area contributed by atoms with E-state index in [1.807, 2.05) is 37.7 Å². The average molecular weight is 302 g/mol. The van der Waals surface area contributed by atoms with Gasteiger partial charge in [0.2, 0.25) is 0 Å². The molecule has 0 saturated carbocycles. The smallest absolute Gasteiger partial charge is 0.253 e. The van der Waals surface area contributed by atoms with Gasteiger partial charge < -0.3 is 14.5 Å². The second-order valence-electron chi connectivity index (χ2n) is 6.12. The number of aromatic nitrogens is 3. The van der Waals surface area contributed by atoms with Crippen LogP contribution in [0.4, 0.5) is 0 Å². The third-order valence-electron chi connectivity index (χ3n) is 4.22. The maximum atomic E-state index is 12.7. The number of aryl methyl sites for hydroxylation is 2. The summed E-state index contributed by atoms with van der Waals surface area (Å²) < 4.78 is 4.11. The summed E-state index contributed by atoms with van der Waals surface area (Å²) in [5.74, 6) is 1.11. The molecule has 0 bridgehead atoms. The van der Waals surface area contributed by atoms with Gasteiger partial charge in [0.25, 0.3) is 5.91 Å². The van der Waals surface area contributed by atoms with Gasteiger partial charge in [-0.15, -0.1) is 0 Å². The van der Waals surface area contributed by atoms with E-state index in [9.17, 15) is 4.79 Å². The number of carbonyl (C=O) groups excluding carboxylic acids is 1. The van der Waals surface area contributed by atoms with Gasteiger partial charge in [0.1, 0.15) is 5.82 Å². The van der Waals surface area contributed by atoms with Crippen LogP contribution in [-0.2, 0) is 13.6 Å². The molecule has 0 aliphatic carbocycles. The Kier molecular flexibility index (Phi) is 4.74. The van der Waals surface area contributed by atoms with Crippen LogP contribution in [0.1, 0.15) is 54.4 Å². The summed E-state index contributed by atoms with van der Waals surface area (Å²) in [6.45, 7) is 11.2. The first-order chi connectivity index (χ1) is 10.4.